The quantitative estimate of drug-likeness (QED) is 0.0268. The molecule has 122 heavy (non-hydrogen) atoms. The number of para-hydroxylation sites is 3. The van der Waals surface area contributed by atoms with E-state index in [1.54, 1.807) is 99.2 Å². The number of furan rings is 1. The molecular weight excluding hydrogens is 1680 g/mol. The highest BCUT2D eigenvalue weighted by atomic mass is 35.5. The van der Waals surface area contributed by atoms with Gasteiger partial charge in [0.1, 0.15) is 39.4 Å². The number of rotatable bonds is 16. The Morgan fingerprint density at radius 3 is 2.11 bits per heavy atom. The number of aliphatic hydroxyl groups is 1. The number of anilines is 4. The lowest BCUT2D eigenvalue weighted by atomic mass is 9.91. The fraction of sp³-hybridized carbons (Fsp3) is 0.183. The fourth-order valence-electron chi connectivity index (χ4n) is 13.2. The highest BCUT2D eigenvalue weighted by Crippen LogP contribution is 2.41. The van der Waals surface area contributed by atoms with E-state index in [4.69, 9.17) is 39.0 Å². The molecule has 18 aromatic rings. The van der Waals surface area contributed by atoms with E-state index in [9.17, 15) is 45.4 Å². The summed E-state index contributed by atoms with van der Waals surface area (Å²) in [4.78, 5) is 63.0. The number of aliphatic hydroxyl groups excluding tert-OH is 1. The number of pyridine rings is 1. The number of fused-ring (bicyclic) bond motifs is 9. The van der Waals surface area contributed by atoms with Crippen LogP contribution in [0.2, 0.25) is 5.02 Å². The largest absolute Gasteiger partial charge is 0.461 e. The van der Waals surface area contributed by atoms with Gasteiger partial charge in [0.05, 0.1) is 86.0 Å². The Kier molecular flexibility index (Phi) is 25.8. The van der Waals surface area contributed by atoms with Gasteiger partial charge in [-0.2, -0.15) is 64.2 Å². The zero-order valence-electron chi connectivity index (χ0n) is 64.3. The third-order valence-electron chi connectivity index (χ3n) is 19.0. The number of halogens is 8. The molecule has 28 nitrogen and oxygen atoms in total. The maximum Gasteiger partial charge on any atom is 0.433 e. The molecule has 40 heteroatoms. The number of nitrogens with two attached hydrogens (primary N) is 4. The van der Waals surface area contributed by atoms with Crippen molar-refractivity contribution in [3.63, 3.8) is 0 Å². The van der Waals surface area contributed by atoms with E-state index in [2.05, 4.69) is 95.1 Å². The van der Waals surface area contributed by atoms with Gasteiger partial charge < -0.3 is 43.1 Å². The number of carbonyl (C=O) groups is 1. The Labute approximate surface area is 711 Å². The Morgan fingerprint density at radius 1 is 0.705 bits per heavy atom. The van der Waals surface area contributed by atoms with E-state index in [0.717, 1.165) is 62.5 Å². The van der Waals surface area contributed by atoms with Gasteiger partial charge in [0.2, 0.25) is 23.3 Å². The molecule has 11 N–H and O–H groups in total. The normalized spacial score (nSPS) is 13.1. The van der Waals surface area contributed by atoms with Crippen molar-refractivity contribution in [1.82, 2.24) is 93.5 Å². The standard InChI is InChI=1S/C22H17ClN6O.C17H16F6N2O.C17H12FN7O.C14H14N6OS.C12H11N3S2.H2S/c23-15-11-17(25-13-14-7-3-1-4-8-14)19-18(12-15)28-21(20(24)26-19)27-29(22(28)30)16-9-5-2-6-10-16;18-16(19,20)11-5-3-4-9-10(15(26)12-6-1-2-7-24-12)8-13(17(21,22)23)25-14(9)11;18-11-5-3-10(4-6-11)9-24-15-12(8-20-24)16-21-14(13-2-1-7-26-13)23-25(16)17(19)22-15;15-11(21)6-7-22-14-18-12(16)10-8-17-20(13(10)19-14)9-4-2-1-3-5-9;1-7(2)11-14-8-3-5-16-10(8)9(15-11)12-13-4-6-17-12;/h1-12,25H,13H2,(H2,24,26);3-5,8,12,15,24,26H,1-2,6-7H2;1-8H,9H2,(H2,19,22);1-5,8H,6-7H2,(H2,15,21)(H2,16,18,19);3-7H,1-2H3;1H2/t;12-,15+;;;;/m.1..../s1. The number of benzene rings is 6. The van der Waals surface area contributed by atoms with Crippen molar-refractivity contribution >= 4 is 154 Å². The average molecular weight is 1750 g/mol. The number of nitrogens with zero attached hydrogens (tertiary/aromatic N) is 18. The highest BCUT2D eigenvalue weighted by molar-refractivity contribution is 7.99. The minimum Gasteiger partial charge on any atom is -0.461 e. The third-order valence-corrected chi connectivity index (χ3v) is 21.7. The number of nitrogens with one attached hydrogen (secondary N) is 2. The summed E-state index contributed by atoms with van der Waals surface area (Å²) in [6, 6.07) is 47.2. The van der Waals surface area contributed by atoms with Crippen LogP contribution in [0.25, 0.3) is 99.2 Å². The molecular formula is C82H72ClF7N24O4S4. The number of thiophene rings is 1. The summed E-state index contributed by atoms with van der Waals surface area (Å²) in [5, 5.41) is 41.7. The van der Waals surface area contributed by atoms with E-state index in [1.807, 2.05) is 96.5 Å². The highest BCUT2D eigenvalue weighted by Gasteiger charge is 2.39. The minimum atomic E-state index is -4.93. The van der Waals surface area contributed by atoms with Gasteiger partial charge in [0, 0.05) is 52.7 Å². The molecule has 0 saturated carbocycles. The maximum absolute atomic E-state index is 13.2. The molecule has 1 amide bonds. The lowest BCUT2D eigenvalue weighted by Gasteiger charge is -2.29. The molecule has 1 fully saturated rings. The number of hydrogen-bond donors (Lipinski definition) is 7. The number of nitrogen functional groups attached to an aromatic ring is 3. The molecule has 1 aliphatic heterocycles. The molecule has 2 atom stereocenters. The van der Waals surface area contributed by atoms with Gasteiger partial charge in [-0.1, -0.05) is 135 Å². The second-order valence-corrected chi connectivity index (χ2v) is 30.9. The number of thioether (sulfide) groups is 1. The van der Waals surface area contributed by atoms with Crippen LogP contribution in [-0.2, 0) is 30.2 Å². The van der Waals surface area contributed by atoms with Crippen LogP contribution in [0.15, 0.2) is 220 Å². The molecule has 1 aliphatic rings. The molecule has 0 aliphatic carbocycles. The summed E-state index contributed by atoms with van der Waals surface area (Å²) in [6.07, 6.45) is -2.04. The van der Waals surface area contributed by atoms with Crippen LogP contribution in [0, 0.1) is 5.82 Å². The van der Waals surface area contributed by atoms with Gasteiger partial charge in [0.25, 0.3) is 0 Å². The summed E-state index contributed by atoms with van der Waals surface area (Å²) in [7, 11) is 0. The number of aromatic nitrogens is 18. The van der Waals surface area contributed by atoms with Gasteiger partial charge in [0.15, 0.2) is 33.7 Å². The Bertz CT molecular complexity index is 6780. The van der Waals surface area contributed by atoms with Crippen LogP contribution >= 0.6 is 59.5 Å². The molecule has 12 aromatic heterocycles. The van der Waals surface area contributed by atoms with E-state index >= 15 is 0 Å². The second kappa shape index (κ2) is 36.9. The van der Waals surface area contributed by atoms with E-state index in [1.165, 1.54) is 43.6 Å². The molecule has 0 bridgehead atoms. The van der Waals surface area contributed by atoms with Crippen LogP contribution in [0.4, 0.5) is 54.0 Å². The van der Waals surface area contributed by atoms with Crippen LogP contribution in [0.3, 0.4) is 0 Å². The maximum atomic E-state index is 13.2. The number of hydrogen-bond acceptors (Lipinski definition) is 25. The second-order valence-electron chi connectivity index (χ2n) is 27.6. The van der Waals surface area contributed by atoms with E-state index < -0.39 is 41.3 Å². The van der Waals surface area contributed by atoms with Crippen molar-refractivity contribution in [3.05, 3.63) is 261 Å². The summed E-state index contributed by atoms with van der Waals surface area (Å²) in [6.45, 7) is 5.82. The Morgan fingerprint density at radius 2 is 1.43 bits per heavy atom. The lowest BCUT2D eigenvalue weighted by molar-refractivity contribution is -0.142. The number of alkyl halides is 6. The number of primary amides is 1. The van der Waals surface area contributed by atoms with Crippen molar-refractivity contribution in [1.29, 1.82) is 0 Å². The minimum absolute atomic E-state index is 0. The third kappa shape index (κ3) is 18.9. The lowest BCUT2D eigenvalue weighted by Crippen LogP contribution is -2.39. The number of thiazole rings is 1. The molecule has 1 saturated heterocycles. The topological polar surface area (TPSA) is 387 Å². The van der Waals surface area contributed by atoms with Gasteiger partial charge >= 0.3 is 18.0 Å². The molecule has 624 valence electrons. The molecule has 0 radical (unpaired) electrons. The molecule has 0 unspecified atom stereocenters. The first-order valence-corrected chi connectivity index (χ1v) is 40.4. The van der Waals surface area contributed by atoms with Crippen molar-refractivity contribution < 1.29 is 45.1 Å². The van der Waals surface area contributed by atoms with Crippen LogP contribution in [0.1, 0.15) is 85.3 Å². The first-order valence-electron chi connectivity index (χ1n) is 37.3. The average Bonchev–Trinajstić information content (AvgIpc) is 1.62. The summed E-state index contributed by atoms with van der Waals surface area (Å²) in [5.41, 5.74) is 28.7. The van der Waals surface area contributed by atoms with Crippen molar-refractivity contribution in [3.8, 4) is 33.7 Å². The molecule has 19 rings (SSSR count). The van der Waals surface area contributed by atoms with Crippen molar-refractivity contribution in [2.45, 2.75) is 88.2 Å². The van der Waals surface area contributed by atoms with Gasteiger partial charge in [-0.3, -0.25) is 4.79 Å². The molecule has 6 aromatic carbocycles. The van der Waals surface area contributed by atoms with Gasteiger partial charge in [-0.05, 0) is 120 Å². The van der Waals surface area contributed by atoms with Crippen LogP contribution in [-0.4, -0.2) is 118 Å². The molecule has 13 heterocycles. The molecule has 0 spiro atoms. The Hall–Kier alpha value is -13.1. The number of amides is 1. The van der Waals surface area contributed by atoms with Crippen molar-refractivity contribution in [2.24, 2.45) is 5.73 Å². The predicted molar refractivity (Wildman–Crippen MR) is 462 cm³/mol. The Balaban J connectivity index is 0.000000126. The smallest absolute Gasteiger partial charge is 0.433 e. The number of carbonyl (C=O) groups excluding carboxylic acids is 1. The zero-order chi connectivity index (χ0) is 84.8. The summed E-state index contributed by atoms with van der Waals surface area (Å²) >= 11 is 11.0. The zero-order valence-corrected chi connectivity index (χ0v) is 68.5. The fourth-order valence-corrected chi connectivity index (χ4v) is 15.7. The van der Waals surface area contributed by atoms with Crippen LogP contribution < -0.4 is 39.3 Å². The summed E-state index contributed by atoms with van der Waals surface area (Å²) in [5.74, 6) is 2.79. The summed E-state index contributed by atoms with van der Waals surface area (Å²) < 4.78 is 106. The van der Waals surface area contributed by atoms with E-state index in [-0.39, 0.29) is 65.7 Å². The first-order chi connectivity index (χ1) is 58.3. The van der Waals surface area contributed by atoms with Gasteiger partial charge in [-0.15, -0.1) is 32.9 Å². The first kappa shape index (κ1) is 85.4. The van der Waals surface area contributed by atoms with E-state index in [0.29, 0.717) is 128 Å². The monoisotopic (exact) mass is 1750 g/mol. The van der Waals surface area contributed by atoms with Crippen molar-refractivity contribution in [2.75, 3.05) is 34.8 Å². The number of piperidine rings is 1. The predicted octanol–water partition coefficient (Wildman–Crippen LogP) is 16.2. The van der Waals surface area contributed by atoms with Crippen LogP contribution in [0.5, 0.6) is 0 Å². The SMILES string of the molecule is CC(C)c1nc(-c2nccs2)c2sccc2n1.NC(=O)CCSc1nc(N)c2cnn(-c3ccccc3)c2n1.Nc1nc2c(NCc3ccccc3)cc(Cl)cc2n2c(=O)n(-c3ccccc3)nc12.Nc1nc2c(cnn2Cc2ccc(F)cc2)c2nc(-c3ccco3)nn12.O[C@@H](c1cc(C(F)(F)F)nc2c(C(F)(F)F)cccc12)[C@H]1CCCCN1.S. The van der Waals surface area contributed by atoms with Gasteiger partial charge in [-0.25, -0.2) is 62.8 Å².